The number of rotatable bonds is 5. The number of hydrogen-bond donors (Lipinski definition) is 0. The highest BCUT2D eigenvalue weighted by atomic mass is 16.2. The highest BCUT2D eigenvalue weighted by Crippen LogP contribution is 2.67. The van der Waals surface area contributed by atoms with Crippen molar-refractivity contribution in [2.75, 3.05) is 7.05 Å². The van der Waals surface area contributed by atoms with Gasteiger partial charge in [0.25, 0.3) is 5.91 Å². The topological polar surface area (TPSA) is 68.1 Å². The maximum atomic E-state index is 13.6. The molecule has 1 aromatic rings. The molecule has 194 valence electrons. The van der Waals surface area contributed by atoms with Crippen molar-refractivity contribution in [3.05, 3.63) is 11.9 Å². The summed E-state index contributed by atoms with van der Waals surface area (Å²) >= 11 is 0. The lowest BCUT2D eigenvalue weighted by Crippen LogP contribution is -2.53. The molecule has 4 aliphatic carbocycles. The van der Waals surface area contributed by atoms with Gasteiger partial charge in [-0.3, -0.25) is 9.59 Å². The lowest BCUT2D eigenvalue weighted by Gasteiger charge is -2.61. The molecule has 0 aliphatic heterocycles. The van der Waals surface area contributed by atoms with E-state index in [1.165, 1.54) is 62.4 Å². The predicted octanol–water partition coefficient (Wildman–Crippen LogP) is 5.62. The van der Waals surface area contributed by atoms with Gasteiger partial charge < -0.3 is 4.90 Å². The van der Waals surface area contributed by atoms with Crippen LogP contribution >= 0.6 is 0 Å². The molecule has 4 fully saturated rings. The van der Waals surface area contributed by atoms with Crippen LogP contribution in [0, 0.1) is 46.3 Å². The first-order valence-electron chi connectivity index (χ1n) is 14.2. The van der Waals surface area contributed by atoms with Crippen LogP contribution in [0.5, 0.6) is 0 Å². The lowest BCUT2D eigenvalue weighted by molar-refractivity contribution is -0.137. The highest BCUT2D eigenvalue weighted by molar-refractivity contribution is 5.92. The van der Waals surface area contributed by atoms with E-state index in [-0.39, 0.29) is 35.6 Å². The minimum Gasteiger partial charge on any atom is -0.338 e. The van der Waals surface area contributed by atoms with Crippen molar-refractivity contribution in [2.24, 2.45) is 46.3 Å². The maximum Gasteiger partial charge on any atom is 0.276 e. The number of hydrogen-bond acceptors (Lipinski definition) is 4. The van der Waals surface area contributed by atoms with Crippen molar-refractivity contribution in [1.82, 2.24) is 19.9 Å². The molecule has 6 nitrogen and oxygen atoms in total. The zero-order chi connectivity index (χ0) is 25.1. The predicted molar refractivity (Wildman–Crippen MR) is 137 cm³/mol. The Labute approximate surface area is 211 Å². The van der Waals surface area contributed by atoms with Gasteiger partial charge in [0.1, 0.15) is 6.54 Å². The normalized spacial score (nSPS) is 40.7. The average Bonchev–Trinajstić information content (AvgIpc) is 3.42. The molecule has 0 bridgehead atoms. The summed E-state index contributed by atoms with van der Waals surface area (Å²) in [7, 11) is 1.77. The first-order valence-corrected chi connectivity index (χ1v) is 14.2. The van der Waals surface area contributed by atoms with Crippen molar-refractivity contribution >= 4 is 11.7 Å². The van der Waals surface area contributed by atoms with Crippen LogP contribution in [-0.4, -0.2) is 44.7 Å². The van der Waals surface area contributed by atoms with Crippen molar-refractivity contribution in [1.29, 1.82) is 0 Å². The SMILES string of the molecule is CC(C)N(C)C(=O)c1cnn(CC(=O)C2CCC3C4CC[C@@H]5C[C@@H](C)CC[C@]5(C)C4CCC23C)n1. The highest BCUT2D eigenvalue weighted by Gasteiger charge is 2.60. The third kappa shape index (κ3) is 4.07. The summed E-state index contributed by atoms with van der Waals surface area (Å²) in [6.07, 6.45) is 13.2. The molecule has 35 heavy (non-hydrogen) atoms. The molecular formula is C29H46N4O2. The minimum absolute atomic E-state index is 0.0915. The van der Waals surface area contributed by atoms with Crippen LogP contribution in [0.25, 0.3) is 0 Å². The monoisotopic (exact) mass is 482 g/mol. The number of Topliss-reactive ketones (excluding diaryl/α,β-unsaturated/α-hetero) is 1. The largest absolute Gasteiger partial charge is 0.338 e. The summed E-state index contributed by atoms with van der Waals surface area (Å²) in [5.41, 5.74) is 0.939. The first-order chi connectivity index (χ1) is 16.5. The van der Waals surface area contributed by atoms with E-state index < -0.39 is 0 Å². The standard InChI is InChI=1S/C29H46N4O2/c1-18(2)32(6)27(35)25-16-30-33(31-25)17-26(34)24-10-9-22-21-8-7-20-15-19(3)11-13-28(20,4)23(21)12-14-29(22,24)5/h16,18-24H,7-15,17H2,1-6H3/t19-,20+,21?,22?,23?,24?,28-,29?/m0/s1. The van der Waals surface area contributed by atoms with E-state index >= 15 is 0 Å². The number of fused-ring (bicyclic) bond motifs is 5. The van der Waals surface area contributed by atoms with Crippen molar-refractivity contribution in [3.63, 3.8) is 0 Å². The van der Waals surface area contributed by atoms with Gasteiger partial charge in [0, 0.05) is 19.0 Å². The number of amides is 1. The molecule has 5 rings (SSSR count). The molecule has 1 heterocycles. The summed E-state index contributed by atoms with van der Waals surface area (Å²) in [4.78, 5) is 29.3. The molecule has 0 N–H and O–H groups in total. The first kappa shape index (κ1) is 25.0. The Balaban J connectivity index is 1.28. The molecule has 1 aromatic heterocycles. The number of nitrogens with zero attached hydrogens (tertiary/aromatic N) is 4. The molecule has 0 radical (unpaired) electrons. The summed E-state index contributed by atoms with van der Waals surface area (Å²) in [6, 6.07) is 0.0918. The van der Waals surface area contributed by atoms with Crippen LogP contribution in [0.3, 0.4) is 0 Å². The molecule has 0 aromatic carbocycles. The molecule has 0 saturated heterocycles. The quantitative estimate of drug-likeness (QED) is 0.546. The van der Waals surface area contributed by atoms with Crippen LogP contribution in [-0.2, 0) is 11.3 Å². The number of aromatic nitrogens is 3. The zero-order valence-electron chi connectivity index (χ0n) is 22.8. The minimum atomic E-state index is -0.147. The summed E-state index contributed by atoms with van der Waals surface area (Å²) in [5.74, 6) is 4.32. The second kappa shape index (κ2) is 8.99. The summed E-state index contributed by atoms with van der Waals surface area (Å²) < 4.78 is 0. The van der Waals surface area contributed by atoms with E-state index in [9.17, 15) is 9.59 Å². The smallest absolute Gasteiger partial charge is 0.276 e. The Kier molecular flexibility index (Phi) is 6.41. The van der Waals surface area contributed by atoms with Crippen molar-refractivity contribution in [2.45, 2.75) is 105 Å². The van der Waals surface area contributed by atoms with Crippen LogP contribution in [0.15, 0.2) is 6.20 Å². The molecule has 4 aliphatic rings. The zero-order valence-corrected chi connectivity index (χ0v) is 22.8. The van der Waals surface area contributed by atoms with Crippen LogP contribution in [0.4, 0.5) is 0 Å². The Hall–Kier alpha value is -1.72. The number of ketones is 1. The van der Waals surface area contributed by atoms with Gasteiger partial charge in [0.05, 0.1) is 6.20 Å². The fraction of sp³-hybridized carbons (Fsp3) is 0.862. The van der Waals surface area contributed by atoms with Gasteiger partial charge in [-0.05, 0) is 106 Å². The summed E-state index contributed by atoms with van der Waals surface area (Å²) in [6.45, 7) is 11.6. The van der Waals surface area contributed by atoms with E-state index in [2.05, 4.69) is 31.0 Å². The Morgan fingerprint density at radius 2 is 1.77 bits per heavy atom. The fourth-order valence-corrected chi connectivity index (χ4v) is 9.14. The maximum absolute atomic E-state index is 13.6. The fourth-order valence-electron chi connectivity index (χ4n) is 9.14. The van der Waals surface area contributed by atoms with E-state index in [0.29, 0.717) is 17.0 Å². The van der Waals surface area contributed by atoms with Crippen LogP contribution in [0.1, 0.15) is 103 Å². The number of carbonyl (C=O) groups is 2. The van der Waals surface area contributed by atoms with Crippen LogP contribution < -0.4 is 0 Å². The van der Waals surface area contributed by atoms with Crippen molar-refractivity contribution < 1.29 is 9.59 Å². The Bertz CT molecular complexity index is 972. The Morgan fingerprint density at radius 3 is 2.51 bits per heavy atom. The van der Waals surface area contributed by atoms with E-state index in [1.54, 1.807) is 11.9 Å². The summed E-state index contributed by atoms with van der Waals surface area (Å²) in [5, 5.41) is 8.65. The van der Waals surface area contributed by atoms with Gasteiger partial charge in [-0.1, -0.05) is 27.2 Å². The van der Waals surface area contributed by atoms with Crippen LogP contribution in [0.2, 0.25) is 0 Å². The molecule has 4 saturated carbocycles. The average molecular weight is 483 g/mol. The van der Waals surface area contributed by atoms with E-state index in [0.717, 1.165) is 30.1 Å². The number of carbonyl (C=O) groups excluding carboxylic acids is 2. The van der Waals surface area contributed by atoms with Gasteiger partial charge in [-0.2, -0.15) is 9.90 Å². The van der Waals surface area contributed by atoms with Gasteiger partial charge in [-0.15, -0.1) is 5.10 Å². The Morgan fingerprint density at radius 1 is 1.06 bits per heavy atom. The molecule has 6 heteroatoms. The molecular weight excluding hydrogens is 436 g/mol. The lowest BCUT2D eigenvalue weighted by atomic mass is 9.44. The third-order valence-electron chi connectivity index (χ3n) is 11.5. The van der Waals surface area contributed by atoms with E-state index in [4.69, 9.17) is 0 Å². The molecule has 0 spiro atoms. The second-order valence-electron chi connectivity index (χ2n) is 13.4. The van der Waals surface area contributed by atoms with E-state index in [1.807, 2.05) is 13.8 Å². The van der Waals surface area contributed by atoms with Gasteiger partial charge in [0.2, 0.25) is 0 Å². The molecule has 5 unspecified atom stereocenters. The van der Waals surface area contributed by atoms with Gasteiger partial charge in [-0.25, -0.2) is 0 Å². The van der Waals surface area contributed by atoms with Crippen molar-refractivity contribution in [3.8, 4) is 0 Å². The van der Waals surface area contributed by atoms with Gasteiger partial charge >= 0.3 is 0 Å². The second-order valence-corrected chi connectivity index (χ2v) is 13.4. The third-order valence-corrected chi connectivity index (χ3v) is 11.5. The van der Waals surface area contributed by atoms with Gasteiger partial charge in [0.15, 0.2) is 11.5 Å². The molecule has 1 amide bonds. The molecule has 8 atom stereocenters.